The molecule has 1 aromatic heterocycles. The lowest BCUT2D eigenvalue weighted by atomic mass is 10.2. The van der Waals surface area contributed by atoms with Gasteiger partial charge in [0.05, 0.1) is 16.5 Å². The number of rotatable bonds is 5. The van der Waals surface area contributed by atoms with E-state index in [1.807, 2.05) is 6.20 Å². The molecule has 1 aromatic carbocycles. The number of hydrogen-bond acceptors (Lipinski definition) is 5. The molecule has 0 saturated carbocycles. The number of anilines is 1. The number of nitro groups is 1. The average Bonchev–Trinajstić information content (AvgIpc) is 2.84. The molecule has 0 aliphatic carbocycles. The van der Waals surface area contributed by atoms with E-state index in [4.69, 9.17) is 0 Å². The highest BCUT2D eigenvalue weighted by Crippen LogP contribution is 2.24. The molecule has 0 aliphatic heterocycles. The first-order valence-corrected chi connectivity index (χ1v) is 6.43. The van der Waals surface area contributed by atoms with Crippen LogP contribution in [-0.4, -0.2) is 9.91 Å². The Kier molecular flexibility index (Phi) is 3.88. The first-order valence-electron chi connectivity index (χ1n) is 5.61. The van der Waals surface area contributed by atoms with Gasteiger partial charge in [0, 0.05) is 17.1 Å². The molecule has 1 heterocycles. The summed E-state index contributed by atoms with van der Waals surface area (Å²) in [6.45, 7) is 2.61. The van der Waals surface area contributed by atoms with Crippen molar-refractivity contribution in [1.82, 2.24) is 4.98 Å². The molecule has 0 amide bonds. The fourth-order valence-electron chi connectivity index (χ4n) is 1.56. The monoisotopic (exact) mass is 263 g/mol. The first-order chi connectivity index (χ1) is 8.70. The van der Waals surface area contributed by atoms with Crippen LogP contribution in [0.15, 0.2) is 30.5 Å². The third-order valence-corrected chi connectivity index (χ3v) is 3.60. The Morgan fingerprint density at radius 2 is 2.22 bits per heavy atom. The number of hydrogen-bond donors (Lipinski definition) is 1. The fourth-order valence-corrected chi connectivity index (χ4v) is 2.36. The number of aryl methyl sites for hydroxylation is 1. The molecule has 94 valence electrons. The molecule has 6 heteroatoms. The van der Waals surface area contributed by atoms with Crippen molar-refractivity contribution in [3.05, 3.63) is 50.5 Å². The number of nitrogens with one attached hydrogen (secondary N) is 1. The van der Waals surface area contributed by atoms with Gasteiger partial charge in [-0.2, -0.15) is 0 Å². The van der Waals surface area contributed by atoms with Crippen LogP contribution in [0.1, 0.15) is 16.8 Å². The van der Waals surface area contributed by atoms with Gasteiger partial charge >= 0.3 is 0 Å². The van der Waals surface area contributed by atoms with Crippen LogP contribution < -0.4 is 5.32 Å². The van der Waals surface area contributed by atoms with Gasteiger partial charge in [-0.3, -0.25) is 10.1 Å². The van der Waals surface area contributed by atoms with Crippen LogP contribution in [0, 0.1) is 10.1 Å². The van der Waals surface area contributed by atoms with Gasteiger partial charge < -0.3 is 5.32 Å². The van der Waals surface area contributed by atoms with E-state index < -0.39 is 0 Å². The Morgan fingerprint density at radius 3 is 2.89 bits per heavy atom. The lowest BCUT2D eigenvalue weighted by Gasteiger charge is -2.04. The maximum atomic E-state index is 10.8. The van der Waals surface area contributed by atoms with Crippen molar-refractivity contribution in [1.29, 1.82) is 0 Å². The minimum absolute atomic E-state index is 0.0951. The number of para-hydroxylation sites is 2. The summed E-state index contributed by atoms with van der Waals surface area (Å²) in [5.41, 5.74) is 0.631. The van der Waals surface area contributed by atoms with Crippen molar-refractivity contribution in [3.63, 3.8) is 0 Å². The van der Waals surface area contributed by atoms with Crippen molar-refractivity contribution in [2.24, 2.45) is 0 Å². The maximum absolute atomic E-state index is 10.8. The maximum Gasteiger partial charge on any atom is 0.292 e. The standard InChI is InChI=1S/C12H13N3O2S/c1-2-12-14-8-9(18-12)7-13-10-5-3-4-6-11(10)15(16)17/h3-6,8,13H,2,7H2,1H3. The Morgan fingerprint density at radius 1 is 1.44 bits per heavy atom. The van der Waals surface area contributed by atoms with E-state index in [0.29, 0.717) is 12.2 Å². The molecule has 2 aromatic rings. The summed E-state index contributed by atoms with van der Waals surface area (Å²) in [4.78, 5) is 15.8. The van der Waals surface area contributed by atoms with E-state index in [-0.39, 0.29) is 10.6 Å². The Bertz CT molecular complexity index is 554. The Hall–Kier alpha value is -1.95. The summed E-state index contributed by atoms with van der Waals surface area (Å²) in [7, 11) is 0. The Labute approximate surface area is 109 Å². The van der Waals surface area contributed by atoms with Crippen molar-refractivity contribution < 1.29 is 4.92 Å². The van der Waals surface area contributed by atoms with E-state index in [9.17, 15) is 10.1 Å². The fraction of sp³-hybridized carbons (Fsp3) is 0.250. The number of thiazole rings is 1. The van der Waals surface area contributed by atoms with Crippen LogP contribution in [0.3, 0.4) is 0 Å². The third kappa shape index (κ3) is 2.84. The predicted molar refractivity (Wildman–Crippen MR) is 71.9 cm³/mol. The van der Waals surface area contributed by atoms with Gasteiger partial charge in [0.2, 0.25) is 0 Å². The van der Waals surface area contributed by atoms with Crippen LogP contribution in [0.5, 0.6) is 0 Å². The van der Waals surface area contributed by atoms with Crippen LogP contribution in [-0.2, 0) is 13.0 Å². The topological polar surface area (TPSA) is 68.1 Å². The molecule has 0 unspecified atom stereocenters. The lowest BCUT2D eigenvalue weighted by molar-refractivity contribution is -0.384. The molecule has 0 bridgehead atoms. The smallest absolute Gasteiger partial charge is 0.292 e. The number of nitro benzene ring substituents is 1. The van der Waals surface area contributed by atoms with E-state index in [2.05, 4.69) is 17.2 Å². The molecule has 0 spiro atoms. The van der Waals surface area contributed by atoms with Gasteiger partial charge in [-0.15, -0.1) is 11.3 Å². The minimum atomic E-state index is -0.382. The third-order valence-electron chi connectivity index (χ3n) is 2.46. The molecule has 18 heavy (non-hydrogen) atoms. The molecule has 0 saturated heterocycles. The molecule has 0 radical (unpaired) electrons. The summed E-state index contributed by atoms with van der Waals surface area (Å²) < 4.78 is 0. The average molecular weight is 263 g/mol. The van der Waals surface area contributed by atoms with Gasteiger partial charge in [0.15, 0.2) is 0 Å². The zero-order valence-electron chi connectivity index (χ0n) is 9.92. The van der Waals surface area contributed by atoms with Crippen LogP contribution in [0.2, 0.25) is 0 Å². The highest BCUT2D eigenvalue weighted by molar-refractivity contribution is 7.11. The molecule has 5 nitrogen and oxygen atoms in total. The van der Waals surface area contributed by atoms with Gasteiger partial charge in [-0.05, 0) is 12.5 Å². The number of benzene rings is 1. The minimum Gasteiger partial charge on any atom is -0.375 e. The number of nitrogens with zero attached hydrogens (tertiary/aromatic N) is 2. The first kappa shape index (κ1) is 12.5. The molecular formula is C12H13N3O2S. The zero-order valence-corrected chi connectivity index (χ0v) is 10.7. The number of aromatic nitrogens is 1. The molecular weight excluding hydrogens is 250 g/mol. The largest absolute Gasteiger partial charge is 0.375 e. The van der Waals surface area contributed by atoms with Gasteiger partial charge in [-0.1, -0.05) is 19.1 Å². The van der Waals surface area contributed by atoms with Crippen LogP contribution in [0.4, 0.5) is 11.4 Å². The summed E-state index contributed by atoms with van der Waals surface area (Å²) in [5.74, 6) is 0. The highest BCUT2D eigenvalue weighted by atomic mass is 32.1. The van der Waals surface area contributed by atoms with E-state index in [0.717, 1.165) is 16.3 Å². The van der Waals surface area contributed by atoms with Crippen molar-refractivity contribution in [2.45, 2.75) is 19.9 Å². The second kappa shape index (κ2) is 5.59. The Balaban J connectivity index is 2.08. The van der Waals surface area contributed by atoms with E-state index >= 15 is 0 Å². The molecule has 0 fully saturated rings. The zero-order chi connectivity index (χ0) is 13.0. The summed E-state index contributed by atoms with van der Waals surface area (Å²) in [6, 6.07) is 6.64. The van der Waals surface area contributed by atoms with E-state index in [1.165, 1.54) is 6.07 Å². The van der Waals surface area contributed by atoms with Crippen LogP contribution >= 0.6 is 11.3 Å². The lowest BCUT2D eigenvalue weighted by Crippen LogP contribution is -2.01. The van der Waals surface area contributed by atoms with Gasteiger partial charge in [0.1, 0.15) is 5.69 Å². The molecule has 0 aliphatic rings. The van der Waals surface area contributed by atoms with Gasteiger partial charge in [-0.25, -0.2) is 4.98 Å². The molecule has 2 rings (SSSR count). The second-order valence-electron chi connectivity index (χ2n) is 3.70. The van der Waals surface area contributed by atoms with Crippen molar-refractivity contribution >= 4 is 22.7 Å². The highest BCUT2D eigenvalue weighted by Gasteiger charge is 2.11. The molecule has 0 atom stereocenters. The van der Waals surface area contributed by atoms with Gasteiger partial charge in [0.25, 0.3) is 5.69 Å². The second-order valence-corrected chi connectivity index (χ2v) is 4.90. The summed E-state index contributed by atoms with van der Waals surface area (Å²) >= 11 is 1.62. The molecule has 1 N–H and O–H groups in total. The summed E-state index contributed by atoms with van der Waals surface area (Å²) in [5, 5.41) is 15.0. The normalized spacial score (nSPS) is 10.3. The quantitative estimate of drug-likeness (QED) is 0.664. The van der Waals surface area contributed by atoms with Crippen molar-refractivity contribution in [3.8, 4) is 0 Å². The predicted octanol–water partition coefficient (Wildman–Crippen LogP) is 3.23. The summed E-state index contributed by atoms with van der Waals surface area (Å²) in [6.07, 6.45) is 2.72. The SMILES string of the molecule is CCc1ncc(CNc2ccccc2[N+](=O)[O-])s1. The van der Waals surface area contributed by atoms with Crippen LogP contribution in [0.25, 0.3) is 0 Å². The van der Waals surface area contributed by atoms with Crippen molar-refractivity contribution in [2.75, 3.05) is 5.32 Å². The van der Waals surface area contributed by atoms with E-state index in [1.54, 1.807) is 29.5 Å².